The highest BCUT2D eigenvalue weighted by atomic mass is 16.5. The van der Waals surface area contributed by atoms with Crippen LogP contribution in [0.5, 0.6) is 5.75 Å². The molecule has 3 nitrogen and oxygen atoms in total. The molecule has 94 valence electrons. The molecular formula is C14H21NO2. The van der Waals surface area contributed by atoms with E-state index in [4.69, 9.17) is 4.74 Å². The average Bonchev–Trinajstić information content (AvgIpc) is 2.32. The van der Waals surface area contributed by atoms with Gasteiger partial charge in [0.2, 0.25) is 0 Å². The number of hydrogen-bond acceptors (Lipinski definition) is 3. The van der Waals surface area contributed by atoms with Crippen molar-refractivity contribution in [1.82, 2.24) is 0 Å². The summed E-state index contributed by atoms with van der Waals surface area (Å²) < 4.78 is 5.82. The van der Waals surface area contributed by atoms with Gasteiger partial charge in [0.25, 0.3) is 0 Å². The zero-order chi connectivity index (χ0) is 12.3. The number of phenolic OH excluding ortho intramolecular Hbond substituents is 1. The third-order valence-electron chi connectivity index (χ3n) is 3.58. The summed E-state index contributed by atoms with van der Waals surface area (Å²) >= 11 is 0. The normalized spacial score (nSPS) is 28.9. The fourth-order valence-corrected chi connectivity index (χ4v) is 2.29. The maximum Gasteiger partial charge on any atom is 0.115 e. The molecule has 0 aromatic heterocycles. The van der Waals surface area contributed by atoms with Gasteiger partial charge in [-0.3, -0.25) is 0 Å². The van der Waals surface area contributed by atoms with Crippen LogP contribution < -0.4 is 5.32 Å². The Hall–Kier alpha value is -1.22. The Morgan fingerprint density at radius 3 is 2.76 bits per heavy atom. The summed E-state index contributed by atoms with van der Waals surface area (Å²) in [4.78, 5) is 0. The van der Waals surface area contributed by atoms with E-state index < -0.39 is 0 Å². The topological polar surface area (TPSA) is 41.5 Å². The van der Waals surface area contributed by atoms with Crippen LogP contribution in [0.2, 0.25) is 0 Å². The van der Waals surface area contributed by atoms with Crippen LogP contribution in [0.1, 0.15) is 33.1 Å². The summed E-state index contributed by atoms with van der Waals surface area (Å²) in [6.07, 6.45) is 3.11. The van der Waals surface area contributed by atoms with Gasteiger partial charge >= 0.3 is 0 Å². The molecule has 2 N–H and O–H groups in total. The molecule has 3 heteroatoms. The molecule has 1 aliphatic rings. The maximum absolute atomic E-state index is 9.24. The molecule has 2 unspecified atom stereocenters. The first-order valence-corrected chi connectivity index (χ1v) is 6.31. The summed E-state index contributed by atoms with van der Waals surface area (Å²) in [5, 5.41) is 12.7. The van der Waals surface area contributed by atoms with E-state index in [1.807, 2.05) is 12.1 Å². The Balaban J connectivity index is 1.97. The molecule has 0 saturated carbocycles. The molecule has 0 aliphatic carbocycles. The molecule has 0 radical (unpaired) electrons. The number of hydrogen-bond donors (Lipinski definition) is 2. The fraction of sp³-hybridized carbons (Fsp3) is 0.571. The first-order chi connectivity index (χ1) is 8.11. The SMILES string of the molecule is CCC1(C)CC(Nc2ccc(O)cc2)CCO1. The standard InChI is InChI=1S/C14H21NO2/c1-3-14(2)10-12(8-9-17-14)15-11-4-6-13(16)7-5-11/h4-7,12,15-16H,3,8-10H2,1-2H3. The lowest BCUT2D eigenvalue weighted by atomic mass is 9.90. The number of anilines is 1. The molecule has 0 bridgehead atoms. The lowest BCUT2D eigenvalue weighted by Crippen LogP contribution is -2.41. The molecule has 2 atom stereocenters. The van der Waals surface area contributed by atoms with E-state index in [9.17, 15) is 5.11 Å². The van der Waals surface area contributed by atoms with E-state index in [0.29, 0.717) is 11.8 Å². The molecule has 1 aliphatic heterocycles. The minimum Gasteiger partial charge on any atom is -0.508 e. The number of benzene rings is 1. The van der Waals surface area contributed by atoms with Gasteiger partial charge in [-0.1, -0.05) is 6.92 Å². The molecule has 0 spiro atoms. The molecule has 2 rings (SSSR count). The van der Waals surface area contributed by atoms with E-state index in [2.05, 4.69) is 19.2 Å². The third-order valence-corrected chi connectivity index (χ3v) is 3.58. The van der Waals surface area contributed by atoms with E-state index in [1.54, 1.807) is 12.1 Å². The second-order valence-corrected chi connectivity index (χ2v) is 5.03. The highest BCUT2D eigenvalue weighted by Crippen LogP contribution is 2.29. The molecular weight excluding hydrogens is 214 g/mol. The van der Waals surface area contributed by atoms with Crippen molar-refractivity contribution in [2.24, 2.45) is 0 Å². The van der Waals surface area contributed by atoms with Crippen LogP contribution in [0.25, 0.3) is 0 Å². The van der Waals surface area contributed by atoms with E-state index >= 15 is 0 Å². The highest BCUT2D eigenvalue weighted by molar-refractivity contribution is 5.46. The van der Waals surface area contributed by atoms with Gasteiger partial charge < -0.3 is 15.2 Å². The van der Waals surface area contributed by atoms with Gasteiger partial charge in [0.05, 0.1) is 5.60 Å². The zero-order valence-corrected chi connectivity index (χ0v) is 10.6. The molecule has 17 heavy (non-hydrogen) atoms. The van der Waals surface area contributed by atoms with Crippen LogP contribution >= 0.6 is 0 Å². The molecule has 1 aromatic rings. The van der Waals surface area contributed by atoms with Gasteiger partial charge in [-0.25, -0.2) is 0 Å². The summed E-state index contributed by atoms with van der Waals surface area (Å²) in [6, 6.07) is 7.70. The van der Waals surface area contributed by atoms with Gasteiger partial charge in [0.1, 0.15) is 5.75 Å². The smallest absolute Gasteiger partial charge is 0.115 e. The third kappa shape index (κ3) is 3.13. The summed E-state index contributed by atoms with van der Waals surface area (Å²) in [6.45, 7) is 5.17. The summed E-state index contributed by atoms with van der Waals surface area (Å²) in [5.41, 5.74) is 1.07. The molecule has 1 heterocycles. The van der Waals surface area contributed by atoms with Crippen molar-refractivity contribution in [3.63, 3.8) is 0 Å². The number of rotatable bonds is 3. The predicted octanol–water partition coefficient (Wildman–Crippen LogP) is 3.15. The molecule has 1 saturated heterocycles. The average molecular weight is 235 g/mol. The van der Waals surface area contributed by atoms with Crippen LogP contribution in [0.3, 0.4) is 0 Å². The number of ether oxygens (including phenoxy) is 1. The van der Waals surface area contributed by atoms with E-state index in [-0.39, 0.29) is 5.60 Å². The summed E-state index contributed by atoms with van der Waals surface area (Å²) in [5.74, 6) is 0.306. The van der Waals surface area contributed by atoms with Gasteiger partial charge in [0.15, 0.2) is 0 Å². The van der Waals surface area contributed by atoms with E-state index in [0.717, 1.165) is 31.6 Å². The monoisotopic (exact) mass is 235 g/mol. The van der Waals surface area contributed by atoms with Crippen LogP contribution in [0.15, 0.2) is 24.3 Å². The van der Waals surface area contributed by atoms with Crippen molar-refractivity contribution in [1.29, 1.82) is 0 Å². The van der Waals surface area contributed by atoms with Crippen LogP contribution in [-0.2, 0) is 4.74 Å². The van der Waals surface area contributed by atoms with Crippen molar-refractivity contribution in [3.05, 3.63) is 24.3 Å². The largest absolute Gasteiger partial charge is 0.508 e. The van der Waals surface area contributed by atoms with Crippen molar-refractivity contribution in [2.45, 2.75) is 44.8 Å². The lowest BCUT2D eigenvalue weighted by Gasteiger charge is -2.38. The minimum absolute atomic E-state index is 0.00678. The number of nitrogens with one attached hydrogen (secondary N) is 1. The Kier molecular flexibility index (Phi) is 3.57. The van der Waals surface area contributed by atoms with Crippen LogP contribution in [0.4, 0.5) is 5.69 Å². The van der Waals surface area contributed by atoms with Crippen molar-refractivity contribution < 1.29 is 9.84 Å². The van der Waals surface area contributed by atoms with Crippen molar-refractivity contribution >= 4 is 5.69 Å². The molecule has 0 amide bonds. The highest BCUT2D eigenvalue weighted by Gasteiger charge is 2.31. The van der Waals surface area contributed by atoms with E-state index in [1.165, 1.54) is 0 Å². The predicted molar refractivity (Wildman–Crippen MR) is 69.4 cm³/mol. The quantitative estimate of drug-likeness (QED) is 0.791. The first kappa shape index (κ1) is 12.2. The van der Waals surface area contributed by atoms with Gasteiger partial charge in [-0.15, -0.1) is 0 Å². The van der Waals surface area contributed by atoms with Crippen LogP contribution in [-0.4, -0.2) is 23.4 Å². The second kappa shape index (κ2) is 4.96. The molecule has 1 aromatic carbocycles. The number of aromatic hydroxyl groups is 1. The van der Waals surface area contributed by atoms with Gasteiger partial charge in [0, 0.05) is 18.3 Å². The second-order valence-electron chi connectivity index (χ2n) is 5.03. The minimum atomic E-state index is 0.00678. The van der Waals surface area contributed by atoms with Gasteiger partial charge in [-0.2, -0.15) is 0 Å². The Labute approximate surface area is 103 Å². The fourth-order valence-electron chi connectivity index (χ4n) is 2.29. The van der Waals surface area contributed by atoms with Gasteiger partial charge in [-0.05, 0) is 50.5 Å². The molecule has 1 fully saturated rings. The van der Waals surface area contributed by atoms with Crippen molar-refractivity contribution in [2.75, 3.05) is 11.9 Å². The maximum atomic E-state index is 9.24. The first-order valence-electron chi connectivity index (χ1n) is 6.31. The van der Waals surface area contributed by atoms with Crippen LogP contribution in [0, 0.1) is 0 Å². The Morgan fingerprint density at radius 2 is 2.12 bits per heavy atom. The Morgan fingerprint density at radius 1 is 1.41 bits per heavy atom. The van der Waals surface area contributed by atoms with Crippen molar-refractivity contribution in [3.8, 4) is 5.75 Å². The lowest BCUT2D eigenvalue weighted by molar-refractivity contribution is -0.0708. The zero-order valence-electron chi connectivity index (χ0n) is 10.6. The summed E-state index contributed by atoms with van der Waals surface area (Å²) in [7, 11) is 0. The Bertz CT molecular complexity index is 363. The number of phenols is 1.